The first-order valence-corrected chi connectivity index (χ1v) is 8.58. The molecule has 7 nitrogen and oxygen atoms in total. The van der Waals surface area contributed by atoms with E-state index in [-0.39, 0.29) is 5.95 Å². The van der Waals surface area contributed by atoms with Crippen molar-refractivity contribution in [1.29, 1.82) is 0 Å². The smallest absolute Gasteiger partial charge is 0.220 e. The highest BCUT2D eigenvalue weighted by Gasteiger charge is 2.19. The first-order valence-electron chi connectivity index (χ1n) is 8.58. The number of rotatable bonds is 3. The molecule has 0 fully saturated rings. The molecule has 140 valence electrons. The summed E-state index contributed by atoms with van der Waals surface area (Å²) < 4.78 is 1.93. The van der Waals surface area contributed by atoms with Crippen molar-refractivity contribution in [2.45, 2.75) is 45.4 Å². The molecule has 0 amide bonds. The van der Waals surface area contributed by atoms with E-state index in [4.69, 9.17) is 5.73 Å². The van der Waals surface area contributed by atoms with Crippen LogP contribution in [-0.2, 0) is 6.54 Å². The van der Waals surface area contributed by atoms with Gasteiger partial charge in [0, 0.05) is 23.3 Å². The lowest BCUT2D eigenvalue weighted by molar-refractivity contribution is 0.0628. The van der Waals surface area contributed by atoms with Crippen molar-refractivity contribution in [3.63, 3.8) is 0 Å². The van der Waals surface area contributed by atoms with Crippen LogP contribution in [0.3, 0.4) is 0 Å². The van der Waals surface area contributed by atoms with E-state index >= 15 is 0 Å². The first-order chi connectivity index (χ1) is 12.5. The van der Waals surface area contributed by atoms with Crippen molar-refractivity contribution in [3.05, 3.63) is 36.4 Å². The quantitative estimate of drug-likeness (QED) is 0.612. The van der Waals surface area contributed by atoms with Crippen molar-refractivity contribution in [2.24, 2.45) is 0 Å². The van der Waals surface area contributed by atoms with Gasteiger partial charge in [0.05, 0.1) is 29.6 Å². The number of hydrogen-bond donors (Lipinski definition) is 3. The lowest BCUT2D eigenvalue weighted by Crippen LogP contribution is -2.25. The number of aromatic nitrogens is 4. The Morgan fingerprint density at radius 3 is 2.56 bits per heavy atom. The van der Waals surface area contributed by atoms with Gasteiger partial charge in [-0.15, -0.1) is 0 Å². The molecule has 3 heterocycles. The van der Waals surface area contributed by atoms with E-state index in [0.29, 0.717) is 17.9 Å². The third-order valence-electron chi connectivity index (χ3n) is 3.77. The summed E-state index contributed by atoms with van der Waals surface area (Å²) in [7, 11) is 0. The maximum absolute atomic E-state index is 10.2. The molecule has 0 aliphatic rings. The number of nitrogens with zero attached hydrogens (tertiary/aromatic N) is 4. The molecule has 0 aliphatic heterocycles. The van der Waals surface area contributed by atoms with Gasteiger partial charge in [0.2, 0.25) is 5.95 Å². The minimum Gasteiger partial charge on any atom is -0.389 e. The molecule has 27 heavy (non-hydrogen) atoms. The monoisotopic (exact) mass is 365 g/mol. The summed E-state index contributed by atoms with van der Waals surface area (Å²) >= 11 is 0. The normalized spacial score (nSPS) is 12.1. The van der Waals surface area contributed by atoms with Gasteiger partial charge in [0.15, 0.2) is 0 Å². The second-order valence-electron chi connectivity index (χ2n) is 7.68. The van der Waals surface area contributed by atoms with Crippen LogP contribution in [0.25, 0.3) is 22.2 Å². The molecular weight excluding hydrogens is 342 g/mol. The molecule has 0 aromatic carbocycles. The van der Waals surface area contributed by atoms with Gasteiger partial charge in [-0.2, -0.15) is 0 Å². The second kappa shape index (κ2) is 6.65. The molecule has 0 spiro atoms. The Hall–Kier alpha value is -2.95. The Balaban J connectivity index is 2.20. The predicted molar refractivity (Wildman–Crippen MR) is 105 cm³/mol. The Labute approximate surface area is 157 Å². The number of fused-ring (bicyclic) bond motifs is 1. The Kier molecular flexibility index (Phi) is 4.64. The van der Waals surface area contributed by atoms with E-state index in [1.54, 1.807) is 46.2 Å². The van der Waals surface area contributed by atoms with Crippen LogP contribution in [0.1, 0.15) is 33.4 Å². The van der Waals surface area contributed by atoms with Crippen molar-refractivity contribution >= 4 is 16.9 Å². The van der Waals surface area contributed by atoms with Crippen LogP contribution in [0.15, 0.2) is 30.7 Å². The molecule has 3 rings (SSSR count). The predicted octanol–water partition coefficient (Wildman–Crippen LogP) is 1.97. The average Bonchev–Trinajstić information content (AvgIpc) is 2.88. The first kappa shape index (κ1) is 18.8. The fourth-order valence-corrected chi connectivity index (χ4v) is 2.75. The molecule has 4 N–H and O–H groups in total. The standard InChI is InChI=1S/C20H23N5O2/c1-19(2,26)7-5-13-9-14-15(16-6-8-22-18(21)24-16)11-25(12-20(3,4)27)17(14)10-23-13/h6,8-11,26-27H,12H2,1-4H3,(H2,21,22,24). The van der Waals surface area contributed by atoms with Crippen molar-refractivity contribution in [1.82, 2.24) is 19.5 Å². The zero-order chi connectivity index (χ0) is 19.8. The minimum absolute atomic E-state index is 0.187. The molecule has 3 aromatic rings. The van der Waals surface area contributed by atoms with Crippen LogP contribution in [-0.4, -0.2) is 40.9 Å². The van der Waals surface area contributed by atoms with Gasteiger partial charge >= 0.3 is 0 Å². The fraction of sp³-hybridized carbons (Fsp3) is 0.350. The van der Waals surface area contributed by atoms with Crippen LogP contribution in [0.5, 0.6) is 0 Å². The van der Waals surface area contributed by atoms with E-state index < -0.39 is 11.2 Å². The summed E-state index contributed by atoms with van der Waals surface area (Å²) in [6.07, 6.45) is 5.23. The zero-order valence-corrected chi connectivity index (χ0v) is 15.9. The zero-order valence-electron chi connectivity index (χ0n) is 15.9. The molecule has 0 unspecified atom stereocenters. The lowest BCUT2D eigenvalue weighted by atomic mass is 10.1. The van der Waals surface area contributed by atoms with Crippen LogP contribution in [0.4, 0.5) is 5.95 Å². The van der Waals surface area contributed by atoms with Crippen molar-refractivity contribution in [2.75, 3.05) is 5.73 Å². The van der Waals surface area contributed by atoms with Gasteiger partial charge in [-0.3, -0.25) is 0 Å². The molecular formula is C20H23N5O2. The topological polar surface area (TPSA) is 110 Å². The third kappa shape index (κ3) is 4.61. The van der Waals surface area contributed by atoms with Gasteiger partial charge in [0.25, 0.3) is 0 Å². The average molecular weight is 365 g/mol. The van der Waals surface area contributed by atoms with Crippen molar-refractivity contribution in [3.8, 4) is 23.1 Å². The van der Waals surface area contributed by atoms with Gasteiger partial charge in [-0.25, -0.2) is 15.0 Å². The summed E-state index contributed by atoms with van der Waals surface area (Å²) in [4.78, 5) is 12.6. The molecule has 0 saturated heterocycles. The SMILES string of the molecule is CC(C)(O)C#Cc1cc2c(-c3ccnc(N)n3)cn(CC(C)(C)O)c2cn1. The number of aliphatic hydroxyl groups is 2. The summed E-state index contributed by atoms with van der Waals surface area (Å²) in [6.45, 7) is 7.12. The number of pyridine rings is 1. The largest absolute Gasteiger partial charge is 0.389 e. The summed E-state index contributed by atoms with van der Waals surface area (Å²) in [5, 5.41) is 21.0. The van der Waals surface area contributed by atoms with E-state index in [1.165, 1.54) is 0 Å². The number of anilines is 1. The highest BCUT2D eigenvalue weighted by atomic mass is 16.3. The van der Waals surface area contributed by atoms with Crippen LogP contribution in [0.2, 0.25) is 0 Å². The van der Waals surface area contributed by atoms with Gasteiger partial charge in [-0.05, 0) is 45.7 Å². The highest BCUT2D eigenvalue weighted by molar-refractivity contribution is 5.95. The molecule has 3 aromatic heterocycles. The molecule has 7 heteroatoms. The number of hydrogen-bond acceptors (Lipinski definition) is 6. The van der Waals surface area contributed by atoms with E-state index in [2.05, 4.69) is 26.8 Å². The van der Waals surface area contributed by atoms with E-state index in [1.807, 2.05) is 16.8 Å². The Bertz CT molecular complexity index is 1050. The molecule has 0 saturated carbocycles. The van der Waals surface area contributed by atoms with Gasteiger partial charge < -0.3 is 20.5 Å². The molecule has 0 atom stereocenters. The molecule has 0 radical (unpaired) electrons. The molecule has 0 bridgehead atoms. The van der Waals surface area contributed by atoms with E-state index in [0.717, 1.165) is 16.5 Å². The number of nitrogens with two attached hydrogens (primary N) is 1. The summed E-state index contributed by atoms with van der Waals surface area (Å²) in [5.41, 5.74) is 6.64. The van der Waals surface area contributed by atoms with Crippen molar-refractivity contribution < 1.29 is 10.2 Å². The highest BCUT2D eigenvalue weighted by Crippen LogP contribution is 2.30. The van der Waals surface area contributed by atoms with E-state index in [9.17, 15) is 10.2 Å². The lowest BCUT2D eigenvalue weighted by Gasteiger charge is -2.18. The maximum Gasteiger partial charge on any atom is 0.220 e. The fourth-order valence-electron chi connectivity index (χ4n) is 2.75. The minimum atomic E-state index is -1.10. The van der Waals surface area contributed by atoms with Crippen LogP contribution < -0.4 is 5.73 Å². The second-order valence-corrected chi connectivity index (χ2v) is 7.68. The summed E-state index contributed by atoms with van der Waals surface area (Å²) in [6, 6.07) is 3.63. The number of nitrogen functional groups attached to an aromatic ring is 1. The third-order valence-corrected chi connectivity index (χ3v) is 3.77. The Morgan fingerprint density at radius 2 is 1.93 bits per heavy atom. The summed E-state index contributed by atoms with van der Waals surface area (Å²) in [5.74, 6) is 5.85. The Morgan fingerprint density at radius 1 is 1.19 bits per heavy atom. The van der Waals surface area contributed by atoms with Crippen LogP contribution in [0, 0.1) is 11.8 Å². The maximum atomic E-state index is 10.2. The van der Waals surface area contributed by atoms with Gasteiger partial charge in [-0.1, -0.05) is 5.92 Å². The molecule has 0 aliphatic carbocycles. The van der Waals surface area contributed by atoms with Gasteiger partial charge in [0.1, 0.15) is 11.3 Å². The van der Waals surface area contributed by atoms with Crippen LogP contribution >= 0.6 is 0 Å².